The lowest BCUT2D eigenvalue weighted by molar-refractivity contribution is -0.137. The van der Waals surface area contributed by atoms with Gasteiger partial charge in [0.1, 0.15) is 5.75 Å². The molecular weight excluding hydrogens is 228 g/mol. The molecule has 1 saturated carbocycles. The quantitative estimate of drug-likeness (QED) is 0.869. The molecule has 1 fully saturated rings. The van der Waals surface area contributed by atoms with Gasteiger partial charge in [-0.05, 0) is 36.0 Å². The van der Waals surface area contributed by atoms with E-state index in [0.29, 0.717) is 5.92 Å². The fourth-order valence-electron chi connectivity index (χ4n) is 2.52. The molecule has 0 bridgehead atoms. The van der Waals surface area contributed by atoms with Crippen molar-refractivity contribution < 1.29 is 14.6 Å². The monoisotopic (exact) mass is 248 g/mol. The highest BCUT2D eigenvalue weighted by Crippen LogP contribution is 2.52. The highest BCUT2D eigenvalue weighted by atomic mass is 16.5. The second kappa shape index (κ2) is 4.63. The van der Waals surface area contributed by atoms with Crippen LogP contribution in [-0.4, -0.2) is 18.2 Å². The SMILES string of the molecule is COc1ccc(C2(CC(=O)O)CC2)cc1C(C)C. The normalized spacial score (nSPS) is 16.7. The molecule has 0 atom stereocenters. The first-order valence-corrected chi connectivity index (χ1v) is 6.39. The topological polar surface area (TPSA) is 46.5 Å². The van der Waals surface area contributed by atoms with Gasteiger partial charge in [0.2, 0.25) is 0 Å². The molecule has 2 rings (SSSR count). The highest BCUT2D eigenvalue weighted by Gasteiger charge is 2.46. The Morgan fingerprint density at radius 2 is 2.11 bits per heavy atom. The molecule has 0 aromatic heterocycles. The molecular formula is C15H20O3. The summed E-state index contributed by atoms with van der Waals surface area (Å²) in [6, 6.07) is 6.10. The van der Waals surface area contributed by atoms with Crippen molar-refractivity contribution in [2.24, 2.45) is 0 Å². The van der Waals surface area contributed by atoms with E-state index in [1.165, 1.54) is 0 Å². The Labute approximate surface area is 108 Å². The summed E-state index contributed by atoms with van der Waals surface area (Å²) in [6.45, 7) is 4.25. The largest absolute Gasteiger partial charge is 0.496 e. The maximum absolute atomic E-state index is 10.9. The predicted octanol–water partition coefficient (Wildman–Crippen LogP) is 3.32. The number of hydrogen-bond donors (Lipinski definition) is 1. The third kappa shape index (κ3) is 2.35. The molecule has 0 amide bonds. The van der Waals surface area contributed by atoms with Crippen molar-refractivity contribution in [1.29, 1.82) is 0 Å². The third-order valence-corrected chi connectivity index (χ3v) is 3.81. The Morgan fingerprint density at radius 1 is 1.44 bits per heavy atom. The zero-order valence-corrected chi connectivity index (χ0v) is 11.2. The number of carboxylic acid groups (broad SMARTS) is 1. The lowest BCUT2D eigenvalue weighted by Gasteiger charge is -2.18. The van der Waals surface area contributed by atoms with Crippen LogP contribution in [0.1, 0.15) is 50.2 Å². The van der Waals surface area contributed by atoms with Crippen LogP contribution in [0.15, 0.2) is 18.2 Å². The van der Waals surface area contributed by atoms with Gasteiger partial charge in [0, 0.05) is 5.41 Å². The highest BCUT2D eigenvalue weighted by molar-refractivity contribution is 5.70. The third-order valence-electron chi connectivity index (χ3n) is 3.81. The van der Waals surface area contributed by atoms with Crippen LogP contribution in [-0.2, 0) is 10.2 Å². The smallest absolute Gasteiger partial charge is 0.304 e. The van der Waals surface area contributed by atoms with Crippen molar-refractivity contribution in [3.8, 4) is 5.75 Å². The van der Waals surface area contributed by atoms with E-state index in [2.05, 4.69) is 19.9 Å². The average Bonchev–Trinajstić information content (AvgIpc) is 3.08. The molecule has 0 heterocycles. The lowest BCUT2D eigenvalue weighted by Crippen LogP contribution is -2.13. The lowest BCUT2D eigenvalue weighted by atomic mass is 9.89. The number of methoxy groups -OCH3 is 1. The fraction of sp³-hybridized carbons (Fsp3) is 0.533. The molecule has 0 aliphatic heterocycles. The van der Waals surface area contributed by atoms with Gasteiger partial charge in [-0.15, -0.1) is 0 Å². The molecule has 0 radical (unpaired) electrons. The molecule has 18 heavy (non-hydrogen) atoms. The Bertz CT molecular complexity index is 459. The summed E-state index contributed by atoms with van der Waals surface area (Å²) in [6.07, 6.45) is 2.18. The number of ether oxygens (including phenoxy) is 1. The van der Waals surface area contributed by atoms with E-state index in [1.54, 1.807) is 7.11 Å². The Hall–Kier alpha value is -1.51. The summed E-state index contributed by atoms with van der Waals surface area (Å²) < 4.78 is 5.36. The molecule has 1 aliphatic rings. The Balaban J connectivity index is 2.35. The Kier molecular flexibility index (Phi) is 3.33. The maximum Gasteiger partial charge on any atom is 0.304 e. The number of rotatable bonds is 5. The van der Waals surface area contributed by atoms with Crippen LogP contribution in [0.3, 0.4) is 0 Å². The molecule has 0 saturated heterocycles. The molecule has 0 spiro atoms. The number of benzene rings is 1. The van der Waals surface area contributed by atoms with Crippen LogP contribution in [0.2, 0.25) is 0 Å². The molecule has 98 valence electrons. The van der Waals surface area contributed by atoms with Crippen LogP contribution in [0.4, 0.5) is 0 Å². The number of hydrogen-bond acceptors (Lipinski definition) is 2. The van der Waals surface area contributed by atoms with Crippen molar-refractivity contribution >= 4 is 5.97 Å². The first-order chi connectivity index (χ1) is 8.48. The zero-order valence-electron chi connectivity index (χ0n) is 11.2. The minimum absolute atomic E-state index is 0.123. The summed E-state index contributed by atoms with van der Waals surface area (Å²) in [7, 11) is 1.67. The minimum Gasteiger partial charge on any atom is -0.496 e. The van der Waals surface area contributed by atoms with E-state index in [-0.39, 0.29) is 11.8 Å². The van der Waals surface area contributed by atoms with Crippen molar-refractivity contribution in [1.82, 2.24) is 0 Å². The van der Waals surface area contributed by atoms with Gasteiger partial charge in [-0.25, -0.2) is 0 Å². The van der Waals surface area contributed by atoms with Gasteiger partial charge in [-0.1, -0.05) is 26.0 Å². The molecule has 1 aromatic carbocycles. The van der Waals surface area contributed by atoms with Crippen molar-refractivity contribution in [3.05, 3.63) is 29.3 Å². The standard InChI is InChI=1S/C15H20O3/c1-10(2)12-8-11(4-5-13(12)18-3)15(6-7-15)9-14(16)17/h4-5,8,10H,6-7,9H2,1-3H3,(H,16,17). The summed E-state index contributed by atoms with van der Waals surface area (Å²) in [5.41, 5.74) is 2.18. The van der Waals surface area contributed by atoms with Gasteiger partial charge in [-0.3, -0.25) is 4.79 Å². The Morgan fingerprint density at radius 3 is 2.56 bits per heavy atom. The maximum atomic E-state index is 10.9. The number of aliphatic carboxylic acids is 1. The van der Waals surface area contributed by atoms with Crippen LogP contribution in [0.5, 0.6) is 5.75 Å². The van der Waals surface area contributed by atoms with E-state index in [0.717, 1.165) is 29.7 Å². The summed E-state index contributed by atoms with van der Waals surface area (Å²) in [5.74, 6) is 0.551. The van der Waals surface area contributed by atoms with E-state index in [4.69, 9.17) is 9.84 Å². The van der Waals surface area contributed by atoms with E-state index in [1.807, 2.05) is 12.1 Å². The molecule has 1 N–H and O–H groups in total. The van der Waals surface area contributed by atoms with Crippen molar-refractivity contribution in [2.45, 2.75) is 44.4 Å². The zero-order chi connectivity index (χ0) is 13.3. The van der Waals surface area contributed by atoms with Gasteiger partial charge >= 0.3 is 5.97 Å². The van der Waals surface area contributed by atoms with Crippen molar-refractivity contribution in [3.63, 3.8) is 0 Å². The fourth-order valence-corrected chi connectivity index (χ4v) is 2.52. The molecule has 1 aromatic rings. The van der Waals surface area contributed by atoms with Crippen molar-refractivity contribution in [2.75, 3.05) is 7.11 Å². The summed E-state index contributed by atoms with van der Waals surface area (Å²) >= 11 is 0. The molecule has 3 heteroatoms. The van der Waals surface area contributed by atoms with Crippen LogP contribution in [0.25, 0.3) is 0 Å². The van der Waals surface area contributed by atoms with E-state index < -0.39 is 5.97 Å². The summed E-state index contributed by atoms with van der Waals surface area (Å²) in [4.78, 5) is 10.9. The molecule has 3 nitrogen and oxygen atoms in total. The van der Waals surface area contributed by atoms with Crippen LogP contribution >= 0.6 is 0 Å². The molecule has 1 aliphatic carbocycles. The van der Waals surface area contributed by atoms with Crippen LogP contribution in [0, 0.1) is 0 Å². The van der Waals surface area contributed by atoms with Gasteiger partial charge in [0.05, 0.1) is 13.5 Å². The number of carboxylic acids is 1. The average molecular weight is 248 g/mol. The van der Waals surface area contributed by atoms with Gasteiger partial charge < -0.3 is 9.84 Å². The summed E-state index contributed by atoms with van der Waals surface area (Å²) in [5, 5.41) is 9.00. The number of carbonyl (C=O) groups is 1. The second-order valence-electron chi connectivity index (χ2n) is 5.46. The first-order valence-electron chi connectivity index (χ1n) is 6.39. The van der Waals surface area contributed by atoms with Gasteiger partial charge in [-0.2, -0.15) is 0 Å². The van der Waals surface area contributed by atoms with Crippen LogP contribution < -0.4 is 4.74 Å². The predicted molar refractivity (Wildman–Crippen MR) is 70.2 cm³/mol. The second-order valence-corrected chi connectivity index (χ2v) is 5.46. The first kappa shape index (κ1) is 12.9. The van der Waals surface area contributed by atoms with Gasteiger partial charge in [0.25, 0.3) is 0 Å². The van der Waals surface area contributed by atoms with Gasteiger partial charge in [0.15, 0.2) is 0 Å². The van der Waals surface area contributed by atoms with E-state index in [9.17, 15) is 4.79 Å². The minimum atomic E-state index is -0.714. The molecule has 0 unspecified atom stereocenters. The van der Waals surface area contributed by atoms with E-state index >= 15 is 0 Å².